The molecule has 24 heavy (non-hydrogen) atoms. The number of carbonyl (C=O) groups is 1. The van der Waals surface area contributed by atoms with E-state index in [9.17, 15) is 4.79 Å². The van der Waals surface area contributed by atoms with Crippen molar-refractivity contribution in [3.63, 3.8) is 0 Å². The molecular weight excluding hydrogens is 306 g/mol. The molecule has 128 valence electrons. The Labute approximate surface area is 141 Å². The molecule has 2 fully saturated rings. The average molecular weight is 329 g/mol. The SMILES string of the molecule is Cc1ccoc1C(=O)N1C[C@H]2CCC[C@@]2(c2nc(C(C)C)no2)C1. The number of hydrogen-bond acceptors (Lipinski definition) is 5. The summed E-state index contributed by atoms with van der Waals surface area (Å²) in [7, 11) is 0. The van der Waals surface area contributed by atoms with Crippen molar-refractivity contribution in [3.05, 3.63) is 35.4 Å². The maximum absolute atomic E-state index is 12.8. The Hall–Kier alpha value is -2.11. The van der Waals surface area contributed by atoms with Crippen molar-refractivity contribution in [1.82, 2.24) is 15.0 Å². The van der Waals surface area contributed by atoms with Gasteiger partial charge >= 0.3 is 0 Å². The molecule has 2 atom stereocenters. The standard InChI is InChI=1S/C18H23N3O3/c1-11(2)15-19-17(24-20-15)18-7-4-5-13(18)9-21(10-18)16(22)14-12(3)6-8-23-14/h6,8,11,13H,4-5,7,9-10H2,1-3H3/t13-,18-/m1/s1. The molecule has 1 aliphatic carbocycles. The van der Waals surface area contributed by atoms with E-state index in [1.165, 1.54) is 0 Å². The van der Waals surface area contributed by atoms with Gasteiger partial charge in [-0.15, -0.1) is 0 Å². The van der Waals surface area contributed by atoms with Crippen LogP contribution in [0.1, 0.15) is 66.9 Å². The smallest absolute Gasteiger partial charge is 0.289 e. The summed E-state index contributed by atoms with van der Waals surface area (Å²) in [5.74, 6) is 2.49. The molecule has 2 aromatic heterocycles. The maximum Gasteiger partial charge on any atom is 0.289 e. The minimum absolute atomic E-state index is 0.0325. The third-order valence-electron chi connectivity index (χ3n) is 5.60. The van der Waals surface area contributed by atoms with Crippen molar-refractivity contribution in [2.45, 2.75) is 51.4 Å². The summed E-state index contributed by atoms with van der Waals surface area (Å²) < 4.78 is 11.0. The zero-order valence-electron chi connectivity index (χ0n) is 14.4. The number of aryl methyl sites for hydroxylation is 1. The van der Waals surface area contributed by atoms with E-state index in [1.54, 1.807) is 6.26 Å². The van der Waals surface area contributed by atoms with Crippen LogP contribution in [0.25, 0.3) is 0 Å². The lowest BCUT2D eigenvalue weighted by Crippen LogP contribution is -2.35. The predicted octanol–water partition coefficient (Wildman–Crippen LogP) is 3.29. The largest absolute Gasteiger partial charge is 0.459 e. The fourth-order valence-electron chi connectivity index (χ4n) is 4.20. The Morgan fingerprint density at radius 1 is 1.46 bits per heavy atom. The maximum atomic E-state index is 12.8. The van der Waals surface area contributed by atoms with Gasteiger partial charge in [-0.3, -0.25) is 4.79 Å². The molecule has 1 saturated heterocycles. The molecular formula is C18H23N3O3. The van der Waals surface area contributed by atoms with Crippen LogP contribution in [0.3, 0.4) is 0 Å². The minimum atomic E-state index is -0.184. The summed E-state index contributed by atoms with van der Waals surface area (Å²) in [5, 5.41) is 4.14. The number of fused-ring (bicyclic) bond motifs is 1. The highest BCUT2D eigenvalue weighted by Gasteiger charge is 2.55. The molecule has 1 saturated carbocycles. The highest BCUT2D eigenvalue weighted by atomic mass is 16.5. The van der Waals surface area contributed by atoms with E-state index in [0.717, 1.165) is 37.2 Å². The Kier molecular flexibility index (Phi) is 3.51. The van der Waals surface area contributed by atoms with E-state index in [1.807, 2.05) is 17.9 Å². The molecule has 2 aliphatic rings. The first-order chi connectivity index (χ1) is 11.5. The highest BCUT2D eigenvalue weighted by Crippen LogP contribution is 2.50. The van der Waals surface area contributed by atoms with E-state index < -0.39 is 0 Å². The van der Waals surface area contributed by atoms with Crippen LogP contribution in [0.2, 0.25) is 0 Å². The second-order valence-corrected chi connectivity index (χ2v) is 7.48. The van der Waals surface area contributed by atoms with Crippen LogP contribution < -0.4 is 0 Å². The molecule has 0 aromatic carbocycles. The third-order valence-corrected chi connectivity index (χ3v) is 5.60. The lowest BCUT2D eigenvalue weighted by atomic mass is 9.80. The van der Waals surface area contributed by atoms with E-state index in [0.29, 0.717) is 24.1 Å². The molecule has 0 radical (unpaired) electrons. The van der Waals surface area contributed by atoms with Gasteiger partial charge in [-0.2, -0.15) is 4.98 Å². The van der Waals surface area contributed by atoms with Gasteiger partial charge in [0.15, 0.2) is 11.6 Å². The van der Waals surface area contributed by atoms with Crippen LogP contribution in [0.15, 0.2) is 21.3 Å². The summed E-state index contributed by atoms with van der Waals surface area (Å²) >= 11 is 0. The number of likely N-dealkylation sites (tertiary alicyclic amines) is 1. The highest BCUT2D eigenvalue weighted by molar-refractivity contribution is 5.93. The summed E-state index contributed by atoms with van der Waals surface area (Å²) in [6, 6.07) is 1.83. The van der Waals surface area contributed by atoms with Crippen molar-refractivity contribution < 1.29 is 13.7 Å². The van der Waals surface area contributed by atoms with Gasteiger partial charge in [-0.05, 0) is 31.7 Å². The Morgan fingerprint density at radius 3 is 2.96 bits per heavy atom. The zero-order valence-corrected chi connectivity index (χ0v) is 14.4. The van der Waals surface area contributed by atoms with Crippen LogP contribution >= 0.6 is 0 Å². The molecule has 0 N–H and O–H groups in total. The number of carbonyl (C=O) groups excluding carboxylic acids is 1. The summed E-state index contributed by atoms with van der Waals surface area (Å²) in [4.78, 5) is 19.4. The van der Waals surface area contributed by atoms with E-state index in [-0.39, 0.29) is 17.2 Å². The van der Waals surface area contributed by atoms with Crippen molar-refractivity contribution in [2.75, 3.05) is 13.1 Å². The zero-order chi connectivity index (χ0) is 16.9. The molecule has 0 spiro atoms. The molecule has 3 heterocycles. The number of hydrogen-bond donors (Lipinski definition) is 0. The molecule has 1 amide bonds. The normalized spacial score (nSPS) is 26.3. The van der Waals surface area contributed by atoms with Crippen LogP contribution in [-0.4, -0.2) is 34.0 Å². The average Bonchev–Trinajstić information content (AvgIpc) is 3.28. The van der Waals surface area contributed by atoms with Crippen LogP contribution in [0, 0.1) is 12.8 Å². The Bertz CT molecular complexity index is 763. The molecule has 2 aromatic rings. The van der Waals surface area contributed by atoms with Crippen molar-refractivity contribution in [3.8, 4) is 0 Å². The third kappa shape index (κ3) is 2.19. The van der Waals surface area contributed by atoms with E-state index in [4.69, 9.17) is 8.94 Å². The van der Waals surface area contributed by atoms with Gasteiger partial charge in [0.1, 0.15) is 0 Å². The van der Waals surface area contributed by atoms with E-state index in [2.05, 4.69) is 24.0 Å². The number of furan rings is 1. The van der Waals surface area contributed by atoms with Gasteiger partial charge in [-0.1, -0.05) is 25.4 Å². The van der Waals surface area contributed by atoms with Gasteiger partial charge in [0.25, 0.3) is 5.91 Å². The first kappa shape index (κ1) is 15.4. The second kappa shape index (κ2) is 5.46. The summed E-state index contributed by atoms with van der Waals surface area (Å²) in [6.45, 7) is 7.39. The summed E-state index contributed by atoms with van der Waals surface area (Å²) in [5.41, 5.74) is 0.696. The van der Waals surface area contributed by atoms with Gasteiger partial charge in [0, 0.05) is 24.6 Å². The van der Waals surface area contributed by atoms with Gasteiger partial charge in [0.05, 0.1) is 11.7 Å². The van der Waals surface area contributed by atoms with Gasteiger partial charge in [-0.25, -0.2) is 0 Å². The van der Waals surface area contributed by atoms with Gasteiger partial charge < -0.3 is 13.8 Å². The van der Waals surface area contributed by atoms with Crippen LogP contribution in [0.5, 0.6) is 0 Å². The second-order valence-electron chi connectivity index (χ2n) is 7.48. The number of aromatic nitrogens is 2. The first-order valence-electron chi connectivity index (χ1n) is 8.69. The quantitative estimate of drug-likeness (QED) is 0.864. The first-order valence-corrected chi connectivity index (χ1v) is 8.69. The lowest BCUT2D eigenvalue weighted by molar-refractivity contribution is 0.0742. The molecule has 6 heteroatoms. The summed E-state index contributed by atoms with van der Waals surface area (Å²) in [6.07, 6.45) is 4.81. The number of amides is 1. The lowest BCUT2D eigenvalue weighted by Gasteiger charge is -2.24. The fraction of sp³-hybridized carbons (Fsp3) is 0.611. The van der Waals surface area contributed by atoms with Crippen molar-refractivity contribution >= 4 is 5.91 Å². The predicted molar refractivity (Wildman–Crippen MR) is 86.8 cm³/mol. The van der Waals surface area contributed by atoms with Crippen LogP contribution in [0.4, 0.5) is 0 Å². The Balaban J connectivity index is 1.63. The van der Waals surface area contributed by atoms with Crippen LogP contribution in [-0.2, 0) is 5.41 Å². The topological polar surface area (TPSA) is 72.4 Å². The van der Waals surface area contributed by atoms with E-state index >= 15 is 0 Å². The number of nitrogens with zero attached hydrogens (tertiary/aromatic N) is 3. The molecule has 0 bridgehead atoms. The molecule has 4 rings (SSSR count). The monoisotopic (exact) mass is 329 g/mol. The molecule has 6 nitrogen and oxygen atoms in total. The number of rotatable bonds is 3. The van der Waals surface area contributed by atoms with Crippen molar-refractivity contribution in [1.29, 1.82) is 0 Å². The van der Waals surface area contributed by atoms with Crippen molar-refractivity contribution in [2.24, 2.45) is 5.92 Å². The van der Waals surface area contributed by atoms with Gasteiger partial charge in [0.2, 0.25) is 5.89 Å². The molecule has 0 unspecified atom stereocenters. The molecule has 1 aliphatic heterocycles. The minimum Gasteiger partial charge on any atom is -0.459 e. The Morgan fingerprint density at radius 2 is 2.29 bits per heavy atom. The fourth-order valence-corrected chi connectivity index (χ4v) is 4.20.